The maximum absolute atomic E-state index is 6.12. The van der Waals surface area contributed by atoms with E-state index in [1.165, 1.54) is 32.7 Å². The van der Waals surface area contributed by atoms with Gasteiger partial charge < -0.3 is 9.73 Å². The Labute approximate surface area is 256 Å². The van der Waals surface area contributed by atoms with Crippen molar-refractivity contribution in [2.45, 2.75) is 0 Å². The third-order valence-electron chi connectivity index (χ3n) is 8.34. The van der Waals surface area contributed by atoms with Crippen molar-refractivity contribution in [1.82, 2.24) is 0 Å². The van der Waals surface area contributed by atoms with Crippen LogP contribution in [0, 0.1) is 0 Å². The zero-order valence-corrected chi connectivity index (χ0v) is 24.1. The van der Waals surface area contributed by atoms with Gasteiger partial charge in [-0.15, -0.1) is 0 Å². The van der Waals surface area contributed by atoms with Gasteiger partial charge in [0.1, 0.15) is 11.2 Å². The summed E-state index contributed by atoms with van der Waals surface area (Å²) in [5.74, 6) is 0. The van der Waals surface area contributed by atoms with Crippen LogP contribution in [0.15, 0.2) is 168 Å². The predicted octanol–water partition coefficient (Wildman–Crippen LogP) is 11.7. The topological polar surface area (TPSA) is 25.2 Å². The van der Waals surface area contributed by atoms with Gasteiger partial charge in [0.2, 0.25) is 0 Å². The number of nitrogens with one attached hydrogen (secondary N) is 1. The Morgan fingerprint density at radius 2 is 1.23 bits per heavy atom. The zero-order chi connectivity index (χ0) is 29.3. The summed E-state index contributed by atoms with van der Waals surface area (Å²) in [6, 6.07) is 53.2. The highest BCUT2D eigenvalue weighted by molar-refractivity contribution is 6.14. The first-order chi connectivity index (χ1) is 21.8. The average Bonchev–Trinajstić information content (AvgIpc) is 3.48. The normalized spacial score (nSPS) is 12.1. The van der Waals surface area contributed by atoms with Crippen molar-refractivity contribution in [3.8, 4) is 11.1 Å². The first kappa shape index (κ1) is 25.8. The predicted molar refractivity (Wildman–Crippen MR) is 188 cm³/mol. The van der Waals surface area contributed by atoms with E-state index in [1.54, 1.807) is 0 Å². The van der Waals surface area contributed by atoms with Gasteiger partial charge in [0, 0.05) is 22.7 Å². The van der Waals surface area contributed by atoms with Crippen LogP contribution in [0.2, 0.25) is 0 Å². The summed E-state index contributed by atoms with van der Waals surface area (Å²) >= 11 is 0. The highest BCUT2D eigenvalue weighted by Crippen LogP contribution is 2.36. The van der Waals surface area contributed by atoms with E-state index >= 15 is 0 Å². The van der Waals surface area contributed by atoms with Gasteiger partial charge in [-0.25, -0.2) is 0 Å². The van der Waals surface area contributed by atoms with Gasteiger partial charge >= 0.3 is 0 Å². The number of rotatable bonds is 6. The van der Waals surface area contributed by atoms with Crippen molar-refractivity contribution in [2.24, 2.45) is 0 Å². The first-order valence-corrected chi connectivity index (χ1v) is 14.9. The van der Waals surface area contributed by atoms with E-state index in [1.807, 2.05) is 24.3 Å². The van der Waals surface area contributed by atoms with Crippen LogP contribution >= 0.6 is 0 Å². The third-order valence-corrected chi connectivity index (χ3v) is 8.34. The molecule has 7 aromatic carbocycles. The molecule has 0 bridgehead atoms. The van der Waals surface area contributed by atoms with Crippen LogP contribution in [0.5, 0.6) is 0 Å². The lowest BCUT2D eigenvalue weighted by molar-refractivity contribution is 0.669. The van der Waals surface area contributed by atoms with E-state index in [2.05, 4.69) is 151 Å². The molecule has 0 saturated heterocycles. The molecule has 0 unspecified atom stereocenters. The van der Waals surface area contributed by atoms with Crippen molar-refractivity contribution in [1.29, 1.82) is 0 Å². The molecule has 2 heteroatoms. The summed E-state index contributed by atoms with van der Waals surface area (Å²) in [5.41, 5.74) is 8.63. The largest absolute Gasteiger partial charge is 0.456 e. The lowest BCUT2D eigenvalue weighted by atomic mass is 9.93. The van der Waals surface area contributed by atoms with Crippen LogP contribution < -0.4 is 5.32 Å². The molecule has 1 N–H and O–H groups in total. The number of hydrogen-bond donors (Lipinski definition) is 1. The van der Waals surface area contributed by atoms with Gasteiger partial charge in [0.15, 0.2) is 0 Å². The summed E-state index contributed by atoms with van der Waals surface area (Å²) in [6.45, 7) is 0. The van der Waals surface area contributed by atoms with Crippen molar-refractivity contribution in [2.75, 3.05) is 5.32 Å². The number of furan rings is 1. The van der Waals surface area contributed by atoms with E-state index in [-0.39, 0.29) is 0 Å². The van der Waals surface area contributed by atoms with Crippen LogP contribution in [-0.4, -0.2) is 0 Å². The van der Waals surface area contributed by atoms with Gasteiger partial charge in [-0.1, -0.05) is 133 Å². The Bertz CT molecular complexity index is 2340. The molecule has 0 aliphatic heterocycles. The average molecular weight is 564 g/mol. The number of anilines is 1. The number of fused-ring (bicyclic) bond motifs is 6. The highest BCUT2D eigenvalue weighted by Gasteiger charge is 2.10. The summed E-state index contributed by atoms with van der Waals surface area (Å²) in [6.07, 6.45) is 6.44. The Morgan fingerprint density at radius 1 is 0.545 bits per heavy atom. The molecular weight excluding hydrogens is 534 g/mol. The molecule has 0 atom stereocenters. The van der Waals surface area contributed by atoms with Crippen LogP contribution in [0.25, 0.3) is 66.3 Å². The maximum atomic E-state index is 6.12. The molecule has 0 saturated carbocycles. The summed E-state index contributed by atoms with van der Waals surface area (Å²) < 4.78 is 6.12. The molecule has 0 aliphatic carbocycles. The minimum atomic E-state index is 0.899. The Morgan fingerprint density at radius 3 is 2.07 bits per heavy atom. The molecule has 8 rings (SSSR count). The third kappa shape index (κ3) is 4.73. The molecule has 44 heavy (non-hydrogen) atoms. The molecule has 0 radical (unpaired) electrons. The minimum Gasteiger partial charge on any atom is -0.456 e. The fourth-order valence-corrected chi connectivity index (χ4v) is 6.18. The highest BCUT2D eigenvalue weighted by atomic mass is 16.3. The Kier molecular flexibility index (Phi) is 6.51. The van der Waals surface area contributed by atoms with Gasteiger partial charge in [0.25, 0.3) is 0 Å². The van der Waals surface area contributed by atoms with Gasteiger partial charge in [-0.3, -0.25) is 0 Å². The Balaban J connectivity index is 1.13. The van der Waals surface area contributed by atoms with Gasteiger partial charge in [0.05, 0.1) is 0 Å². The number of hydrogen-bond acceptors (Lipinski definition) is 2. The lowest BCUT2D eigenvalue weighted by Crippen LogP contribution is -1.91. The molecule has 8 aromatic rings. The van der Waals surface area contributed by atoms with E-state index in [0.29, 0.717) is 0 Å². The molecule has 0 amide bonds. The van der Waals surface area contributed by atoms with Crippen LogP contribution in [0.4, 0.5) is 5.69 Å². The molecule has 0 fully saturated rings. The number of para-hydroxylation sites is 1. The van der Waals surface area contributed by atoms with Crippen molar-refractivity contribution in [3.63, 3.8) is 0 Å². The summed E-state index contributed by atoms with van der Waals surface area (Å²) in [4.78, 5) is 0. The molecule has 1 aromatic heterocycles. The fraction of sp³-hybridized carbons (Fsp3) is 0. The molecule has 1 heterocycles. The summed E-state index contributed by atoms with van der Waals surface area (Å²) in [5, 5.41) is 10.9. The quantitative estimate of drug-likeness (QED) is 0.161. The van der Waals surface area contributed by atoms with E-state index in [0.717, 1.165) is 44.3 Å². The standard InChI is InChI=1S/C42H29NO/c1-2-11-29(12-3-1)33(22-21-31-14-10-20-41-42(31)38-18-8-9-19-40(38)44-41)28-43-34-25-23-30(24-26-34)39-27-32-13-4-5-15-35(32)36-16-6-7-17-37(36)39/h1-28,43H/b22-21-,33-28+. The molecule has 2 nitrogen and oxygen atoms in total. The number of benzene rings is 7. The maximum Gasteiger partial charge on any atom is 0.136 e. The SMILES string of the molecule is C(=C/c1cccc2oc3ccccc3c12)/C(=C\Nc1ccc(-c2cc3ccccc3c3ccccc23)cc1)c1ccccc1. The first-order valence-electron chi connectivity index (χ1n) is 14.9. The fourth-order valence-electron chi connectivity index (χ4n) is 6.18. The van der Waals surface area contributed by atoms with Gasteiger partial charge in [-0.2, -0.15) is 0 Å². The molecule has 0 aliphatic rings. The van der Waals surface area contributed by atoms with E-state index in [9.17, 15) is 0 Å². The van der Waals surface area contributed by atoms with Gasteiger partial charge in [-0.05, 0) is 79.7 Å². The van der Waals surface area contributed by atoms with Crippen molar-refractivity contribution in [3.05, 3.63) is 175 Å². The van der Waals surface area contributed by atoms with E-state index in [4.69, 9.17) is 4.42 Å². The Hall–Kier alpha value is -5.86. The zero-order valence-electron chi connectivity index (χ0n) is 24.1. The van der Waals surface area contributed by atoms with Crippen LogP contribution in [0.1, 0.15) is 11.1 Å². The smallest absolute Gasteiger partial charge is 0.136 e. The van der Waals surface area contributed by atoms with E-state index < -0.39 is 0 Å². The second kappa shape index (κ2) is 11.1. The lowest BCUT2D eigenvalue weighted by Gasteiger charge is -2.12. The molecule has 208 valence electrons. The van der Waals surface area contributed by atoms with Crippen molar-refractivity contribution < 1.29 is 4.42 Å². The van der Waals surface area contributed by atoms with Crippen LogP contribution in [-0.2, 0) is 0 Å². The molecular formula is C42H29NO. The van der Waals surface area contributed by atoms with Crippen molar-refractivity contribution >= 4 is 60.8 Å². The monoisotopic (exact) mass is 563 g/mol. The summed E-state index contributed by atoms with van der Waals surface area (Å²) in [7, 11) is 0. The second-order valence-corrected chi connectivity index (χ2v) is 11.0. The minimum absolute atomic E-state index is 0.899. The second-order valence-electron chi connectivity index (χ2n) is 11.0. The molecule has 0 spiro atoms. The number of allylic oxidation sites excluding steroid dienone is 2. The van der Waals surface area contributed by atoms with Crippen LogP contribution in [0.3, 0.4) is 0 Å².